The van der Waals surface area contributed by atoms with Crippen LogP contribution in [-0.2, 0) is 16.0 Å². The van der Waals surface area contributed by atoms with Crippen LogP contribution in [-0.4, -0.2) is 18.1 Å². The van der Waals surface area contributed by atoms with Crippen molar-refractivity contribution in [3.8, 4) is 11.3 Å². The molecule has 3 aromatic rings. The fourth-order valence-electron chi connectivity index (χ4n) is 2.73. The average Bonchev–Trinajstić information content (AvgIpc) is 2.92. The van der Waals surface area contributed by atoms with E-state index in [-0.39, 0.29) is 18.4 Å². The SMILES string of the molecule is COC(=O)CCc1c(-c2ccc(F)cc2)[nH]c2c(F)cc(F)cc12. The number of H-pyrrole nitrogens is 1. The fourth-order valence-corrected chi connectivity index (χ4v) is 2.73. The summed E-state index contributed by atoms with van der Waals surface area (Å²) in [6.07, 6.45) is 0.304. The number of nitrogens with one attached hydrogen (secondary N) is 1. The third-order valence-electron chi connectivity index (χ3n) is 3.87. The standard InChI is InChI=1S/C18H14F3NO2/c1-24-16(23)7-6-13-14-8-12(20)9-15(21)18(14)22-17(13)10-2-4-11(19)5-3-10/h2-5,8-9,22H,6-7H2,1H3. The molecule has 0 atom stereocenters. The number of fused-ring (bicyclic) bond motifs is 1. The van der Waals surface area contributed by atoms with E-state index in [1.54, 1.807) is 0 Å². The second-order valence-corrected chi connectivity index (χ2v) is 5.37. The molecule has 0 amide bonds. The van der Waals surface area contributed by atoms with Gasteiger partial charge in [0.25, 0.3) is 0 Å². The van der Waals surface area contributed by atoms with Crippen LogP contribution in [0.15, 0.2) is 36.4 Å². The molecule has 1 aromatic heterocycles. The van der Waals surface area contributed by atoms with Gasteiger partial charge in [-0.05, 0) is 47.9 Å². The van der Waals surface area contributed by atoms with Crippen LogP contribution in [0.25, 0.3) is 22.2 Å². The Morgan fingerprint density at radius 3 is 2.46 bits per heavy atom. The van der Waals surface area contributed by atoms with Gasteiger partial charge >= 0.3 is 5.97 Å². The normalized spacial score (nSPS) is 11.0. The van der Waals surface area contributed by atoms with Crippen LogP contribution in [0.1, 0.15) is 12.0 Å². The number of rotatable bonds is 4. The smallest absolute Gasteiger partial charge is 0.305 e. The van der Waals surface area contributed by atoms with Gasteiger partial charge < -0.3 is 9.72 Å². The molecule has 6 heteroatoms. The zero-order chi connectivity index (χ0) is 17.3. The number of halogens is 3. The van der Waals surface area contributed by atoms with Crippen molar-refractivity contribution in [2.75, 3.05) is 7.11 Å². The predicted molar refractivity (Wildman–Crippen MR) is 83.9 cm³/mol. The van der Waals surface area contributed by atoms with Crippen molar-refractivity contribution >= 4 is 16.9 Å². The number of hydrogen-bond acceptors (Lipinski definition) is 2. The topological polar surface area (TPSA) is 42.1 Å². The lowest BCUT2D eigenvalue weighted by Gasteiger charge is -2.05. The Morgan fingerprint density at radius 1 is 1.08 bits per heavy atom. The minimum absolute atomic E-state index is 0.0653. The zero-order valence-corrected chi connectivity index (χ0v) is 12.8. The summed E-state index contributed by atoms with van der Waals surface area (Å²) in [5, 5.41) is 0.357. The summed E-state index contributed by atoms with van der Waals surface area (Å²) in [6, 6.07) is 7.64. The molecule has 1 N–H and O–H groups in total. The summed E-state index contributed by atoms with van der Waals surface area (Å²) in [6.45, 7) is 0. The molecule has 0 fully saturated rings. The maximum Gasteiger partial charge on any atom is 0.305 e. The van der Waals surface area contributed by atoms with Gasteiger partial charge in [-0.1, -0.05) is 0 Å². The van der Waals surface area contributed by atoms with Crippen molar-refractivity contribution in [2.45, 2.75) is 12.8 Å². The van der Waals surface area contributed by atoms with E-state index in [9.17, 15) is 18.0 Å². The number of aryl methyl sites for hydroxylation is 1. The molecule has 24 heavy (non-hydrogen) atoms. The molecule has 1 heterocycles. The number of carbonyl (C=O) groups excluding carboxylic acids is 1. The van der Waals surface area contributed by atoms with Crippen molar-refractivity contribution in [3.05, 3.63) is 59.4 Å². The maximum atomic E-state index is 14.1. The number of carbonyl (C=O) groups is 1. The molecule has 0 bridgehead atoms. The Morgan fingerprint density at radius 2 is 1.79 bits per heavy atom. The van der Waals surface area contributed by atoms with Gasteiger partial charge in [0, 0.05) is 23.6 Å². The van der Waals surface area contributed by atoms with Crippen molar-refractivity contribution in [1.29, 1.82) is 0 Å². The van der Waals surface area contributed by atoms with Crippen molar-refractivity contribution in [3.63, 3.8) is 0 Å². The average molecular weight is 333 g/mol. The van der Waals surface area contributed by atoms with Gasteiger partial charge in [0.1, 0.15) is 17.5 Å². The first-order chi connectivity index (χ1) is 11.5. The van der Waals surface area contributed by atoms with E-state index >= 15 is 0 Å². The Balaban J connectivity index is 2.17. The number of benzene rings is 2. The van der Waals surface area contributed by atoms with Crippen molar-refractivity contribution in [1.82, 2.24) is 4.98 Å². The first kappa shape index (κ1) is 16.1. The monoisotopic (exact) mass is 333 g/mol. The molecule has 3 nitrogen and oxygen atoms in total. The summed E-state index contributed by atoms with van der Waals surface area (Å²) in [5.41, 5.74) is 1.88. The van der Waals surface area contributed by atoms with Gasteiger partial charge in [-0.2, -0.15) is 0 Å². The molecule has 2 aromatic carbocycles. The Hall–Kier alpha value is -2.76. The number of aromatic amines is 1. The van der Waals surface area contributed by atoms with E-state index in [0.29, 0.717) is 22.2 Å². The Kier molecular flexibility index (Phi) is 4.29. The lowest BCUT2D eigenvalue weighted by molar-refractivity contribution is -0.140. The van der Waals surface area contributed by atoms with Gasteiger partial charge in [-0.25, -0.2) is 13.2 Å². The molecule has 3 rings (SSSR count). The van der Waals surface area contributed by atoms with Crippen molar-refractivity contribution in [2.24, 2.45) is 0 Å². The number of hydrogen-bond donors (Lipinski definition) is 1. The lowest BCUT2D eigenvalue weighted by atomic mass is 10.0. The Bertz CT molecular complexity index is 901. The largest absolute Gasteiger partial charge is 0.469 e. The van der Waals surface area contributed by atoms with Gasteiger partial charge in [0.05, 0.1) is 12.6 Å². The first-order valence-corrected chi connectivity index (χ1v) is 7.32. The van der Waals surface area contributed by atoms with Gasteiger partial charge in [0.2, 0.25) is 0 Å². The molecule has 0 unspecified atom stereocenters. The minimum atomic E-state index is -0.724. The molecule has 0 saturated heterocycles. The van der Waals surface area contributed by atoms with E-state index < -0.39 is 23.4 Å². The van der Waals surface area contributed by atoms with Gasteiger partial charge in [0.15, 0.2) is 0 Å². The number of methoxy groups -OCH3 is 1. The van der Waals surface area contributed by atoms with Crippen LogP contribution < -0.4 is 0 Å². The van der Waals surface area contributed by atoms with Crippen LogP contribution in [0.3, 0.4) is 0 Å². The molecule has 0 aliphatic rings. The first-order valence-electron chi connectivity index (χ1n) is 7.32. The highest BCUT2D eigenvalue weighted by atomic mass is 19.1. The highest BCUT2D eigenvalue weighted by molar-refractivity contribution is 5.91. The minimum Gasteiger partial charge on any atom is -0.469 e. The molecular formula is C18H14F3NO2. The molecular weight excluding hydrogens is 319 g/mol. The van der Waals surface area contributed by atoms with Crippen LogP contribution in [0.4, 0.5) is 13.2 Å². The second-order valence-electron chi connectivity index (χ2n) is 5.37. The van der Waals surface area contributed by atoms with E-state index in [2.05, 4.69) is 9.72 Å². The van der Waals surface area contributed by atoms with E-state index in [1.165, 1.54) is 37.4 Å². The van der Waals surface area contributed by atoms with Crippen LogP contribution in [0, 0.1) is 17.5 Å². The predicted octanol–water partition coefficient (Wildman–Crippen LogP) is 4.36. The summed E-state index contributed by atoms with van der Waals surface area (Å²) in [4.78, 5) is 14.4. The van der Waals surface area contributed by atoms with E-state index in [4.69, 9.17) is 0 Å². The fraction of sp³-hybridized carbons (Fsp3) is 0.167. The van der Waals surface area contributed by atoms with Gasteiger partial charge in [-0.3, -0.25) is 4.79 Å². The summed E-state index contributed by atoms with van der Waals surface area (Å²) < 4.78 is 45.4. The quantitative estimate of drug-likeness (QED) is 0.721. The molecule has 0 saturated carbocycles. The number of aromatic nitrogens is 1. The van der Waals surface area contributed by atoms with Crippen LogP contribution in [0.5, 0.6) is 0 Å². The van der Waals surface area contributed by atoms with Crippen LogP contribution >= 0.6 is 0 Å². The van der Waals surface area contributed by atoms with E-state index in [1.807, 2.05) is 0 Å². The molecule has 0 aliphatic carbocycles. The molecule has 0 radical (unpaired) electrons. The maximum absolute atomic E-state index is 14.1. The Labute approximate surface area is 136 Å². The van der Waals surface area contributed by atoms with Gasteiger partial charge in [-0.15, -0.1) is 0 Å². The van der Waals surface area contributed by atoms with Crippen LogP contribution in [0.2, 0.25) is 0 Å². The summed E-state index contributed by atoms with van der Waals surface area (Å²) in [5.74, 6) is -2.25. The van der Waals surface area contributed by atoms with Crippen molar-refractivity contribution < 1.29 is 22.7 Å². The molecule has 0 aliphatic heterocycles. The number of ether oxygens (including phenoxy) is 1. The molecule has 124 valence electrons. The zero-order valence-electron chi connectivity index (χ0n) is 12.8. The highest BCUT2D eigenvalue weighted by Crippen LogP contribution is 2.33. The third kappa shape index (κ3) is 2.99. The summed E-state index contributed by atoms with van der Waals surface area (Å²) >= 11 is 0. The third-order valence-corrected chi connectivity index (χ3v) is 3.87. The highest BCUT2D eigenvalue weighted by Gasteiger charge is 2.18. The lowest BCUT2D eigenvalue weighted by Crippen LogP contribution is -2.02. The molecule has 0 spiro atoms. The van der Waals surface area contributed by atoms with E-state index in [0.717, 1.165) is 6.07 Å². The second kappa shape index (κ2) is 6.39. The summed E-state index contributed by atoms with van der Waals surface area (Å²) in [7, 11) is 1.28. The number of esters is 1.